The van der Waals surface area contributed by atoms with Crippen LogP contribution in [0.5, 0.6) is 0 Å². The van der Waals surface area contributed by atoms with Gasteiger partial charge in [0, 0.05) is 16.8 Å². The number of benzene rings is 3. The molecule has 0 saturated heterocycles. The number of Topliss-reactive ketones (excluding diaryl/α,β-unsaturated/α-hetero) is 1. The van der Waals surface area contributed by atoms with Gasteiger partial charge in [-0.05, 0) is 48.5 Å². The van der Waals surface area contributed by atoms with Gasteiger partial charge < -0.3 is 5.32 Å². The Bertz CT molecular complexity index is 1390. The molecule has 0 aliphatic carbocycles. The van der Waals surface area contributed by atoms with Gasteiger partial charge in [-0.25, -0.2) is 0 Å². The minimum atomic E-state index is -0.186. The fraction of sp³-hybridized carbons (Fsp3) is 0.0435. The van der Waals surface area contributed by atoms with Gasteiger partial charge in [-0.15, -0.1) is 10.2 Å². The molecule has 0 aliphatic rings. The molecule has 0 aliphatic heterocycles. The smallest absolute Gasteiger partial charge is 0.255 e. The van der Waals surface area contributed by atoms with E-state index in [4.69, 9.17) is 0 Å². The van der Waals surface area contributed by atoms with Crippen LogP contribution < -0.4 is 5.32 Å². The lowest BCUT2D eigenvalue weighted by atomic mass is 10.1. The average Bonchev–Trinajstić information content (AvgIpc) is 3.38. The quantitative estimate of drug-likeness (QED) is 0.289. The number of para-hydroxylation sites is 1. The van der Waals surface area contributed by atoms with E-state index in [1.165, 1.54) is 11.8 Å². The van der Waals surface area contributed by atoms with Crippen molar-refractivity contribution in [3.05, 3.63) is 90.0 Å². The number of hydrogen-bond donors (Lipinski definition) is 1. The van der Waals surface area contributed by atoms with Gasteiger partial charge in [0.05, 0.1) is 16.0 Å². The number of carbonyl (C=O) groups is 2. The van der Waals surface area contributed by atoms with Crippen molar-refractivity contribution >= 4 is 55.7 Å². The molecule has 0 radical (unpaired) electrons. The highest BCUT2D eigenvalue weighted by molar-refractivity contribution is 7.99. The molecule has 0 spiro atoms. The first-order valence-electron chi connectivity index (χ1n) is 9.54. The zero-order chi connectivity index (χ0) is 21.2. The van der Waals surface area contributed by atoms with Gasteiger partial charge in [-0.3, -0.25) is 14.0 Å². The molecule has 5 rings (SSSR count). The standard InChI is InChI=1S/C23H16N4O2S2/c28-19(14-30-22-25-26-23-27(22)18-8-4-5-9-20(18)31-23)15-10-12-17(13-11-15)24-21(29)16-6-2-1-3-7-16/h1-13H,14H2,(H,24,29). The number of anilines is 1. The molecule has 2 heterocycles. The number of nitrogens with one attached hydrogen (secondary N) is 1. The maximum atomic E-state index is 12.7. The predicted octanol–water partition coefficient (Wildman–Crippen LogP) is 5.17. The van der Waals surface area contributed by atoms with Gasteiger partial charge in [0.1, 0.15) is 0 Å². The molecule has 8 heteroatoms. The molecule has 2 aromatic heterocycles. The minimum absolute atomic E-state index is 0.0118. The number of rotatable bonds is 6. The van der Waals surface area contributed by atoms with Gasteiger partial charge in [-0.2, -0.15) is 0 Å². The number of amides is 1. The second-order valence-corrected chi connectivity index (χ2v) is 8.73. The number of ketones is 1. The van der Waals surface area contributed by atoms with Crippen molar-refractivity contribution in [2.24, 2.45) is 0 Å². The van der Waals surface area contributed by atoms with Gasteiger partial charge in [-0.1, -0.05) is 53.4 Å². The van der Waals surface area contributed by atoms with E-state index in [0.29, 0.717) is 22.0 Å². The third-order valence-electron chi connectivity index (χ3n) is 4.74. The number of fused-ring (bicyclic) bond motifs is 3. The second-order valence-electron chi connectivity index (χ2n) is 6.78. The van der Waals surface area contributed by atoms with Crippen LogP contribution in [0.3, 0.4) is 0 Å². The molecular formula is C23H16N4O2S2. The van der Waals surface area contributed by atoms with Crippen LogP contribution in [0.25, 0.3) is 15.2 Å². The van der Waals surface area contributed by atoms with Gasteiger partial charge in [0.2, 0.25) is 4.96 Å². The van der Waals surface area contributed by atoms with Crippen LogP contribution in [-0.4, -0.2) is 32.0 Å². The molecule has 0 bridgehead atoms. The third kappa shape index (κ3) is 3.95. The highest BCUT2D eigenvalue weighted by atomic mass is 32.2. The number of aromatic nitrogens is 3. The molecule has 6 nitrogen and oxygen atoms in total. The second kappa shape index (κ2) is 8.33. The number of nitrogens with zero attached hydrogens (tertiary/aromatic N) is 3. The molecule has 0 atom stereocenters. The molecular weight excluding hydrogens is 428 g/mol. The molecule has 1 amide bonds. The van der Waals surface area contributed by atoms with E-state index in [-0.39, 0.29) is 17.4 Å². The van der Waals surface area contributed by atoms with E-state index >= 15 is 0 Å². The first-order valence-corrected chi connectivity index (χ1v) is 11.3. The largest absolute Gasteiger partial charge is 0.322 e. The summed E-state index contributed by atoms with van der Waals surface area (Å²) in [5, 5.41) is 12.0. The SMILES string of the molecule is O=C(CSc1nnc2sc3ccccc3n12)c1ccc(NC(=O)c2ccccc2)cc1. The summed E-state index contributed by atoms with van der Waals surface area (Å²) in [5.74, 6) is 0.0528. The summed E-state index contributed by atoms with van der Waals surface area (Å²) in [5.41, 5.74) is 2.85. The Kier molecular flexibility index (Phi) is 5.23. The third-order valence-corrected chi connectivity index (χ3v) is 6.69. The molecule has 3 aromatic carbocycles. The number of carbonyl (C=O) groups excluding carboxylic acids is 2. The van der Waals surface area contributed by atoms with E-state index in [0.717, 1.165) is 15.2 Å². The zero-order valence-electron chi connectivity index (χ0n) is 16.2. The van der Waals surface area contributed by atoms with Crippen LogP contribution in [0.2, 0.25) is 0 Å². The molecule has 5 aromatic rings. The number of thioether (sulfide) groups is 1. The van der Waals surface area contributed by atoms with E-state index in [1.54, 1.807) is 47.7 Å². The van der Waals surface area contributed by atoms with Crippen LogP contribution >= 0.6 is 23.1 Å². The first-order chi connectivity index (χ1) is 15.2. The van der Waals surface area contributed by atoms with Crippen molar-refractivity contribution in [2.45, 2.75) is 5.16 Å². The van der Waals surface area contributed by atoms with Crippen LogP contribution in [0.1, 0.15) is 20.7 Å². The Hall–Kier alpha value is -3.49. The van der Waals surface area contributed by atoms with Gasteiger partial charge in [0.25, 0.3) is 5.91 Å². The fourth-order valence-electron chi connectivity index (χ4n) is 3.19. The Balaban J connectivity index is 1.26. The van der Waals surface area contributed by atoms with Gasteiger partial charge >= 0.3 is 0 Å². The average molecular weight is 445 g/mol. The van der Waals surface area contributed by atoms with Crippen LogP contribution in [0, 0.1) is 0 Å². The van der Waals surface area contributed by atoms with Crippen LogP contribution in [0.4, 0.5) is 5.69 Å². The monoisotopic (exact) mass is 444 g/mol. The topological polar surface area (TPSA) is 76.4 Å². The normalized spacial score (nSPS) is 11.1. The molecule has 1 N–H and O–H groups in total. The van der Waals surface area contributed by atoms with Crippen molar-refractivity contribution in [1.82, 2.24) is 14.6 Å². The fourth-order valence-corrected chi connectivity index (χ4v) is 5.06. The molecule has 31 heavy (non-hydrogen) atoms. The Morgan fingerprint density at radius 2 is 1.61 bits per heavy atom. The Morgan fingerprint density at radius 3 is 2.42 bits per heavy atom. The first kappa shape index (κ1) is 19.5. The minimum Gasteiger partial charge on any atom is -0.322 e. The highest BCUT2D eigenvalue weighted by Crippen LogP contribution is 2.29. The predicted molar refractivity (Wildman–Crippen MR) is 124 cm³/mol. The Morgan fingerprint density at radius 1 is 0.871 bits per heavy atom. The number of thiazole rings is 1. The summed E-state index contributed by atoms with van der Waals surface area (Å²) < 4.78 is 3.12. The van der Waals surface area contributed by atoms with Crippen molar-refractivity contribution in [1.29, 1.82) is 0 Å². The van der Waals surface area contributed by atoms with Crippen molar-refractivity contribution < 1.29 is 9.59 Å². The summed E-state index contributed by atoms with van der Waals surface area (Å²) in [6.45, 7) is 0. The van der Waals surface area contributed by atoms with Crippen molar-refractivity contribution in [2.75, 3.05) is 11.1 Å². The maximum Gasteiger partial charge on any atom is 0.255 e. The molecule has 0 saturated carbocycles. The maximum absolute atomic E-state index is 12.7. The summed E-state index contributed by atoms with van der Waals surface area (Å²) in [4.78, 5) is 25.7. The zero-order valence-corrected chi connectivity index (χ0v) is 17.8. The lowest BCUT2D eigenvalue weighted by Crippen LogP contribution is -2.11. The van der Waals surface area contributed by atoms with E-state index in [1.807, 2.05) is 46.9 Å². The highest BCUT2D eigenvalue weighted by Gasteiger charge is 2.15. The lowest BCUT2D eigenvalue weighted by Gasteiger charge is -2.06. The number of hydrogen-bond acceptors (Lipinski definition) is 6. The Labute approximate surface area is 185 Å². The molecule has 0 unspecified atom stereocenters. The lowest BCUT2D eigenvalue weighted by molar-refractivity contribution is 0.101. The van der Waals surface area contributed by atoms with Crippen molar-refractivity contribution in [3.63, 3.8) is 0 Å². The summed E-state index contributed by atoms with van der Waals surface area (Å²) in [6, 6.07) is 24.0. The van der Waals surface area contributed by atoms with Crippen LogP contribution in [0.15, 0.2) is 84.0 Å². The van der Waals surface area contributed by atoms with E-state index in [2.05, 4.69) is 15.5 Å². The van der Waals surface area contributed by atoms with Crippen molar-refractivity contribution in [3.8, 4) is 0 Å². The molecule has 152 valence electrons. The van der Waals surface area contributed by atoms with E-state index < -0.39 is 0 Å². The van der Waals surface area contributed by atoms with Gasteiger partial charge in [0.15, 0.2) is 10.9 Å². The van der Waals surface area contributed by atoms with E-state index in [9.17, 15) is 9.59 Å². The van der Waals surface area contributed by atoms with Crippen LogP contribution in [-0.2, 0) is 0 Å². The summed E-state index contributed by atoms with van der Waals surface area (Å²) in [7, 11) is 0. The molecule has 0 fully saturated rings. The summed E-state index contributed by atoms with van der Waals surface area (Å²) in [6.07, 6.45) is 0. The summed E-state index contributed by atoms with van der Waals surface area (Å²) >= 11 is 2.94.